The van der Waals surface area contributed by atoms with Gasteiger partial charge in [0.1, 0.15) is 23.9 Å². The van der Waals surface area contributed by atoms with Crippen molar-refractivity contribution in [1.29, 1.82) is 0 Å². The second-order valence-corrected chi connectivity index (χ2v) is 7.78. The minimum Gasteiger partial charge on any atom is -0.497 e. The topological polar surface area (TPSA) is 77.1 Å². The molecule has 33 heavy (non-hydrogen) atoms. The number of methoxy groups -OCH3 is 2. The molecule has 0 saturated carbocycles. The van der Waals surface area contributed by atoms with Crippen molar-refractivity contribution in [2.75, 3.05) is 27.4 Å². The summed E-state index contributed by atoms with van der Waals surface area (Å²) in [7, 11) is 3.13. The van der Waals surface area contributed by atoms with Gasteiger partial charge in [0.05, 0.1) is 25.8 Å². The molecule has 0 unspecified atom stereocenters. The van der Waals surface area contributed by atoms with Crippen LogP contribution in [0.25, 0.3) is 0 Å². The van der Waals surface area contributed by atoms with Crippen LogP contribution in [0.15, 0.2) is 72.8 Å². The van der Waals surface area contributed by atoms with Crippen molar-refractivity contribution in [2.24, 2.45) is 0 Å². The number of benzene rings is 3. The highest BCUT2D eigenvalue weighted by atomic mass is 35.5. The first kappa shape index (κ1) is 22.5. The molecule has 0 spiro atoms. The number of nitrogens with one attached hydrogen (secondary N) is 1. The maximum absolute atomic E-state index is 13.8. The van der Waals surface area contributed by atoms with Crippen molar-refractivity contribution in [2.45, 2.75) is 5.54 Å². The van der Waals surface area contributed by atoms with Gasteiger partial charge < -0.3 is 19.5 Å². The van der Waals surface area contributed by atoms with Crippen molar-refractivity contribution in [3.05, 3.63) is 88.9 Å². The molecule has 1 aliphatic rings. The lowest BCUT2D eigenvalue weighted by Gasteiger charge is -2.28. The summed E-state index contributed by atoms with van der Waals surface area (Å²) in [6.45, 7) is 0.161. The molecule has 0 aliphatic carbocycles. The highest BCUT2D eigenvalue weighted by molar-refractivity contribution is 6.32. The van der Waals surface area contributed by atoms with Gasteiger partial charge >= 0.3 is 6.03 Å². The molecule has 1 heterocycles. The van der Waals surface area contributed by atoms with Gasteiger partial charge in [-0.1, -0.05) is 48.0 Å². The standard InChI is InChI=1S/C25H23ClN2O5/c1-31-19-11-7-17(8-12-19)25(18-9-13-20(32-2)14-10-18)23(29)28(24(30)27-25)15-16-33-22-6-4-3-5-21(22)26/h3-14H,15-16H2,1-2H3,(H,27,30). The van der Waals surface area contributed by atoms with Gasteiger partial charge in [-0.25, -0.2) is 4.79 Å². The second kappa shape index (κ2) is 9.42. The third kappa shape index (κ3) is 4.19. The Morgan fingerprint density at radius 2 is 1.39 bits per heavy atom. The van der Waals surface area contributed by atoms with E-state index >= 15 is 0 Å². The summed E-state index contributed by atoms with van der Waals surface area (Å²) >= 11 is 6.13. The number of rotatable bonds is 8. The highest BCUT2D eigenvalue weighted by Crippen LogP contribution is 2.37. The van der Waals surface area contributed by atoms with E-state index in [2.05, 4.69) is 5.32 Å². The molecule has 1 fully saturated rings. The zero-order chi connectivity index (χ0) is 23.4. The molecule has 1 saturated heterocycles. The molecule has 170 valence electrons. The lowest BCUT2D eigenvalue weighted by molar-refractivity contribution is -0.130. The summed E-state index contributed by atoms with van der Waals surface area (Å²) in [6, 6.07) is 20.6. The molecule has 3 aromatic carbocycles. The van der Waals surface area contributed by atoms with Gasteiger partial charge in [0.2, 0.25) is 0 Å². The molecular weight excluding hydrogens is 444 g/mol. The van der Waals surface area contributed by atoms with Crippen LogP contribution in [0.4, 0.5) is 4.79 Å². The Balaban J connectivity index is 1.65. The SMILES string of the molecule is COc1ccc(C2(c3ccc(OC)cc3)NC(=O)N(CCOc3ccccc3Cl)C2=O)cc1. The number of nitrogens with zero attached hydrogens (tertiary/aromatic N) is 1. The van der Waals surface area contributed by atoms with Gasteiger partial charge in [-0.2, -0.15) is 0 Å². The van der Waals surface area contributed by atoms with Crippen LogP contribution in [0, 0.1) is 0 Å². The predicted octanol–water partition coefficient (Wildman–Crippen LogP) is 4.23. The van der Waals surface area contributed by atoms with Crippen molar-refractivity contribution >= 4 is 23.5 Å². The van der Waals surface area contributed by atoms with E-state index in [1.54, 1.807) is 87.0 Å². The van der Waals surface area contributed by atoms with E-state index in [-0.39, 0.29) is 13.2 Å². The average Bonchev–Trinajstić information content (AvgIpc) is 3.11. The summed E-state index contributed by atoms with van der Waals surface area (Å²) in [6.07, 6.45) is 0. The maximum Gasteiger partial charge on any atom is 0.325 e. The number of hydrogen-bond acceptors (Lipinski definition) is 5. The number of hydrogen-bond donors (Lipinski definition) is 1. The highest BCUT2D eigenvalue weighted by Gasteiger charge is 2.53. The predicted molar refractivity (Wildman–Crippen MR) is 124 cm³/mol. The van der Waals surface area contributed by atoms with E-state index < -0.39 is 17.5 Å². The van der Waals surface area contributed by atoms with Crippen LogP contribution in [-0.4, -0.2) is 44.2 Å². The fraction of sp³-hybridized carbons (Fsp3) is 0.200. The fourth-order valence-corrected chi connectivity index (χ4v) is 4.02. The molecule has 3 aromatic rings. The Bertz CT molecular complexity index is 1100. The number of urea groups is 1. The van der Waals surface area contributed by atoms with E-state index in [4.69, 9.17) is 25.8 Å². The minimum atomic E-state index is -1.39. The third-order valence-electron chi connectivity index (χ3n) is 5.56. The van der Waals surface area contributed by atoms with Crippen molar-refractivity contribution in [1.82, 2.24) is 10.2 Å². The van der Waals surface area contributed by atoms with Crippen LogP contribution in [0.3, 0.4) is 0 Å². The number of para-hydroxylation sites is 1. The zero-order valence-corrected chi connectivity index (χ0v) is 19.0. The maximum atomic E-state index is 13.8. The van der Waals surface area contributed by atoms with E-state index in [0.717, 1.165) is 4.90 Å². The smallest absolute Gasteiger partial charge is 0.325 e. The van der Waals surface area contributed by atoms with Crippen LogP contribution in [0.5, 0.6) is 17.2 Å². The van der Waals surface area contributed by atoms with Gasteiger partial charge in [0.25, 0.3) is 5.91 Å². The van der Waals surface area contributed by atoms with Gasteiger partial charge in [-0.3, -0.25) is 9.69 Å². The first-order chi connectivity index (χ1) is 16.0. The Kier molecular flexibility index (Phi) is 6.42. The number of carbonyl (C=O) groups is 2. The first-order valence-electron chi connectivity index (χ1n) is 10.3. The van der Waals surface area contributed by atoms with Crippen LogP contribution >= 0.6 is 11.6 Å². The fourth-order valence-electron chi connectivity index (χ4n) is 3.83. The van der Waals surface area contributed by atoms with Gasteiger partial charge in [-0.05, 0) is 47.5 Å². The summed E-state index contributed by atoms with van der Waals surface area (Å²) in [5.41, 5.74) is -0.164. The Hall–Kier alpha value is -3.71. The second-order valence-electron chi connectivity index (χ2n) is 7.37. The lowest BCUT2D eigenvalue weighted by Crippen LogP contribution is -2.45. The Labute approximate surface area is 196 Å². The first-order valence-corrected chi connectivity index (χ1v) is 10.7. The Morgan fingerprint density at radius 3 is 1.91 bits per heavy atom. The lowest BCUT2D eigenvalue weighted by atomic mass is 9.82. The number of carbonyl (C=O) groups excluding carboxylic acids is 2. The van der Waals surface area contributed by atoms with Crippen LogP contribution in [0.2, 0.25) is 5.02 Å². The van der Waals surface area contributed by atoms with Crippen LogP contribution in [-0.2, 0) is 10.3 Å². The quantitative estimate of drug-likeness (QED) is 0.503. The molecule has 0 bridgehead atoms. The van der Waals surface area contributed by atoms with E-state index in [0.29, 0.717) is 33.4 Å². The summed E-state index contributed by atoms with van der Waals surface area (Å²) < 4.78 is 16.2. The minimum absolute atomic E-state index is 0.0595. The normalized spacial score (nSPS) is 14.7. The monoisotopic (exact) mass is 466 g/mol. The van der Waals surface area contributed by atoms with E-state index in [1.165, 1.54) is 0 Å². The van der Waals surface area contributed by atoms with E-state index in [1.807, 2.05) is 0 Å². The molecule has 1 N–H and O–H groups in total. The number of halogens is 1. The summed E-state index contributed by atoms with van der Waals surface area (Å²) in [5, 5.41) is 3.37. The van der Waals surface area contributed by atoms with Crippen molar-refractivity contribution in [3.8, 4) is 17.2 Å². The summed E-state index contributed by atoms with van der Waals surface area (Å²) in [5.74, 6) is 1.38. The number of ether oxygens (including phenoxy) is 3. The molecule has 8 heteroatoms. The Morgan fingerprint density at radius 1 is 0.848 bits per heavy atom. The number of imide groups is 1. The summed E-state index contributed by atoms with van der Waals surface area (Å²) in [4.78, 5) is 27.9. The molecule has 4 rings (SSSR count). The number of amides is 3. The van der Waals surface area contributed by atoms with Crippen molar-refractivity contribution in [3.63, 3.8) is 0 Å². The zero-order valence-electron chi connectivity index (χ0n) is 18.2. The third-order valence-corrected chi connectivity index (χ3v) is 5.87. The van der Waals surface area contributed by atoms with Gasteiger partial charge in [-0.15, -0.1) is 0 Å². The van der Waals surface area contributed by atoms with Gasteiger partial charge in [0, 0.05) is 0 Å². The van der Waals surface area contributed by atoms with Crippen molar-refractivity contribution < 1.29 is 23.8 Å². The molecule has 1 aliphatic heterocycles. The van der Waals surface area contributed by atoms with Crippen LogP contribution in [0.1, 0.15) is 11.1 Å². The molecule has 3 amide bonds. The average molecular weight is 467 g/mol. The molecule has 7 nitrogen and oxygen atoms in total. The van der Waals surface area contributed by atoms with E-state index in [9.17, 15) is 9.59 Å². The largest absolute Gasteiger partial charge is 0.497 e. The molecule has 0 atom stereocenters. The molecular formula is C25H23ClN2O5. The van der Waals surface area contributed by atoms with Gasteiger partial charge in [0.15, 0.2) is 5.54 Å². The molecule has 0 radical (unpaired) electrons. The van der Waals surface area contributed by atoms with Crippen LogP contribution < -0.4 is 19.5 Å². The molecule has 0 aromatic heterocycles.